The van der Waals surface area contributed by atoms with E-state index in [1.165, 1.54) is 11.3 Å². The monoisotopic (exact) mass is 309 g/mol. The third kappa shape index (κ3) is 2.97. The van der Waals surface area contributed by atoms with Gasteiger partial charge in [-0.2, -0.15) is 0 Å². The molecule has 1 aliphatic heterocycles. The Bertz CT molecular complexity index is 589. The highest BCUT2D eigenvalue weighted by atomic mass is 32.1. The predicted molar refractivity (Wildman–Crippen MR) is 80.2 cm³/mol. The Balaban J connectivity index is 2.33. The molecule has 114 valence electrons. The topological polar surface area (TPSA) is 79.4 Å². The van der Waals surface area contributed by atoms with Crippen molar-refractivity contribution in [1.82, 2.24) is 10.3 Å². The van der Waals surface area contributed by atoms with Gasteiger partial charge in [0.05, 0.1) is 5.69 Å². The van der Waals surface area contributed by atoms with Gasteiger partial charge in [0.1, 0.15) is 5.92 Å². The molecular formula is C14H19N3O3S. The van der Waals surface area contributed by atoms with Gasteiger partial charge in [-0.3, -0.25) is 14.9 Å². The van der Waals surface area contributed by atoms with Crippen LogP contribution in [0.15, 0.2) is 5.38 Å². The normalized spacial score (nSPS) is 19.9. The lowest BCUT2D eigenvalue weighted by Crippen LogP contribution is -2.58. The number of nitrogens with zero attached hydrogens (tertiary/aromatic N) is 2. The van der Waals surface area contributed by atoms with Crippen molar-refractivity contribution >= 4 is 34.3 Å². The van der Waals surface area contributed by atoms with Crippen LogP contribution in [0.4, 0.5) is 9.93 Å². The zero-order valence-electron chi connectivity index (χ0n) is 12.6. The number of thiazole rings is 1. The van der Waals surface area contributed by atoms with Crippen molar-refractivity contribution in [3.8, 4) is 0 Å². The van der Waals surface area contributed by atoms with E-state index < -0.39 is 23.8 Å². The fourth-order valence-electron chi connectivity index (χ4n) is 2.05. The second kappa shape index (κ2) is 5.55. The average Bonchev–Trinajstić information content (AvgIpc) is 2.83. The quantitative estimate of drug-likeness (QED) is 0.870. The van der Waals surface area contributed by atoms with Crippen LogP contribution < -0.4 is 10.2 Å². The van der Waals surface area contributed by atoms with Gasteiger partial charge in [0.25, 0.3) is 0 Å². The van der Waals surface area contributed by atoms with Crippen LogP contribution in [0.5, 0.6) is 0 Å². The number of nitrogens with one attached hydrogen (secondary N) is 1. The summed E-state index contributed by atoms with van der Waals surface area (Å²) in [5.74, 6) is -1.81. The number of carbonyl (C=O) groups excluding carboxylic acids is 3. The van der Waals surface area contributed by atoms with E-state index in [-0.39, 0.29) is 5.41 Å². The molecule has 1 fully saturated rings. The molecule has 0 aromatic carbocycles. The Hall–Kier alpha value is -1.76. The average molecular weight is 309 g/mol. The summed E-state index contributed by atoms with van der Waals surface area (Å²) in [6.45, 7) is 7.91. The summed E-state index contributed by atoms with van der Waals surface area (Å²) < 4.78 is 0. The van der Waals surface area contributed by atoms with Gasteiger partial charge in [-0.1, -0.05) is 34.1 Å². The smallest absolute Gasteiger partial charge is 0.277 e. The number of hydrogen-bond acceptors (Lipinski definition) is 5. The molecule has 1 unspecified atom stereocenters. The Morgan fingerprint density at radius 2 is 2.00 bits per heavy atom. The largest absolute Gasteiger partial charge is 0.337 e. The predicted octanol–water partition coefficient (Wildman–Crippen LogP) is 2.44. The maximum absolute atomic E-state index is 12.4. The maximum atomic E-state index is 12.4. The van der Waals surface area contributed by atoms with Crippen molar-refractivity contribution in [2.75, 3.05) is 4.90 Å². The number of amides is 4. The Morgan fingerprint density at radius 3 is 2.52 bits per heavy atom. The highest BCUT2D eigenvalue weighted by Crippen LogP contribution is 2.30. The molecule has 4 amide bonds. The number of aromatic nitrogens is 1. The lowest BCUT2D eigenvalue weighted by molar-refractivity contribution is -0.134. The highest BCUT2D eigenvalue weighted by Gasteiger charge is 2.42. The van der Waals surface area contributed by atoms with Gasteiger partial charge in [-0.15, -0.1) is 11.3 Å². The number of imide groups is 2. The second-order valence-corrected chi connectivity index (χ2v) is 6.91. The van der Waals surface area contributed by atoms with E-state index in [1.807, 2.05) is 33.1 Å². The van der Waals surface area contributed by atoms with Gasteiger partial charge in [0.2, 0.25) is 16.9 Å². The fourth-order valence-corrected chi connectivity index (χ4v) is 3.10. The molecule has 1 aromatic rings. The maximum Gasteiger partial charge on any atom is 0.337 e. The molecule has 0 saturated carbocycles. The number of hydrogen-bond donors (Lipinski definition) is 1. The van der Waals surface area contributed by atoms with Crippen molar-refractivity contribution in [1.29, 1.82) is 0 Å². The summed E-state index contributed by atoms with van der Waals surface area (Å²) in [4.78, 5) is 41.5. The Labute approximate surface area is 127 Å². The highest BCUT2D eigenvalue weighted by molar-refractivity contribution is 7.14. The minimum atomic E-state index is -0.810. The molecule has 0 radical (unpaired) electrons. The van der Waals surface area contributed by atoms with E-state index in [0.29, 0.717) is 18.0 Å². The number of urea groups is 1. The molecule has 6 nitrogen and oxygen atoms in total. The molecule has 0 aliphatic carbocycles. The van der Waals surface area contributed by atoms with Gasteiger partial charge < -0.3 is 0 Å². The molecule has 0 bridgehead atoms. The number of barbiturate groups is 1. The van der Waals surface area contributed by atoms with Gasteiger partial charge in [-0.05, 0) is 6.42 Å². The van der Waals surface area contributed by atoms with Crippen LogP contribution >= 0.6 is 11.3 Å². The molecule has 1 aromatic heterocycles. The molecule has 2 rings (SSSR count). The van der Waals surface area contributed by atoms with Crippen LogP contribution in [0, 0.1) is 5.92 Å². The summed E-state index contributed by atoms with van der Waals surface area (Å²) in [7, 11) is 0. The summed E-state index contributed by atoms with van der Waals surface area (Å²) in [6.07, 6.45) is 1.11. The van der Waals surface area contributed by atoms with Crippen molar-refractivity contribution in [3.63, 3.8) is 0 Å². The van der Waals surface area contributed by atoms with E-state index in [1.54, 1.807) is 0 Å². The lowest BCUT2D eigenvalue weighted by atomic mass is 9.93. The number of rotatable bonds is 3. The number of anilines is 1. The first kappa shape index (κ1) is 15.6. The summed E-state index contributed by atoms with van der Waals surface area (Å²) >= 11 is 1.23. The van der Waals surface area contributed by atoms with Crippen LogP contribution in [0.2, 0.25) is 0 Å². The molecule has 7 heteroatoms. The van der Waals surface area contributed by atoms with Gasteiger partial charge in [-0.25, -0.2) is 14.7 Å². The van der Waals surface area contributed by atoms with Crippen LogP contribution in [0.1, 0.15) is 46.2 Å². The first-order valence-corrected chi connectivity index (χ1v) is 7.78. The van der Waals surface area contributed by atoms with Gasteiger partial charge in [0.15, 0.2) is 0 Å². The molecule has 1 saturated heterocycles. The van der Waals surface area contributed by atoms with Gasteiger partial charge >= 0.3 is 6.03 Å². The SMILES string of the molecule is CCCC1C(=O)NC(=O)N(c2nc(C(C)(C)C)cs2)C1=O. The van der Waals surface area contributed by atoms with E-state index in [4.69, 9.17) is 0 Å². The second-order valence-electron chi connectivity index (χ2n) is 6.07. The van der Waals surface area contributed by atoms with E-state index in [0.717, 1.165) is 10.6 Å². The Morgan fingerprint density at radius 1 is 1.33 bits per heavy atom. The van der Waals surface area contributed by atoms with Crippen LogP contribution in [0.3, 0.4) is 0 Å². The van der Waals surface area contributed by atoms with Crippen molar-refractivity contribution in [2.45, 2.75) is 46.0 Å². The molecule has 2 heterocycles. The summed E-state index contributed by atoms with van der Waals surface area (Å²) in [5.41, 5.74) is 0.648. The summed E-state index contributed by atoms with van der Waals surface area (Å²) in [6, 6.07) is -0.716. The van der Waals surface area contributed by atoms with E-state index in [2.05, 4.69) is 10.3 Å². The van der Waals surface area contributed by atoms with Crippen molar-refractivity contribution in [2.24, 2.45) is 5.92 Å². The minimum absolute atomic E-state index is 0.164. The molecular weight excluding hydrogens is 290 g/mol. The minimum Gasteiger partial charge on any atom is -0.277 e. The zero-order valence-corrected chi connectivity index (χ0v) is 13.4. The Kier molecular flexibility index (Phi) is 4.13. The number of carbonyl (C=O) groups is 3. The molecule has 21 heavy (non-hydrogen) atoms. The lowest BCUT2D eigenvalue weighted by Gasteiger charge is -2.28. The van der Waals surface area contributed by atoms with Crippen LogP contribution in [-0.4, -0.2) is 22.8 Å². The van der Waals surface area contributed by atoms with Crippen LogP contribution in [-0.2, 0) is 15.0 Å². The van der Waals surface area contributed by atoms with Crippen molar-refractivity contribution in [3.05, 3.63) is 11.1 Å². The van der Waals surface area contributed by atoms with Crippen LogP contribution in [0.25, 0.3) is 0 Å². The van der Waals surface area contributed by atoms with Gasteiger partial charge in [0, 0.05) is 10.8 Å². The molecule has 1 N–H and O–H groups in total. The molecule has 0 spiro atoms. The molecule has 1 atom stereocenters. The first-order valence-electron chi connectivity index (χ1n) is 6.90. The van der Waals surface area contributed by atoms with Crippen molar-refractivity contribution < 1.29 is 14.4 Å². The first-order chi connectivity index (χ1) is 9.75. The molecule has 1 aliphatic rings. The van der Waals surface area contributed by atoms with E-state index >= 15 is 0 Å². The fraction of sp³-hybridized carbons (Fsp3) is 0.571. The van der Waals surface area contributed by atoms with E-state index in [9.17, 15) is 14.4 Å². The third-order valence-corrected chi connectivity index (χ3v) is 4.12. The standard InChI is InChI=1S/C14H19N3O3S/c1-5-6-8-10(18)16-12(20)17(11(8)19)13-15-9(7-21-13)14(2,3)4/h7-8H,5-6H2,1-4H3,(H,16,18,20). The zero-order chi connectivity index (χ0) is 15.8. The summed E-state index contributed by atoms with van der Waals surface area (Å²) in [5, 5.41) is 4.39. The third-order valence-electron chi connectivity index (χ3n) is 3.30.